The third kappa shape index (κ3) is 4.64. The van der Waals surface area contributed by atoms with Crippen LogP contribution in [0.1, 0.15) is 39.5 Å². The average molecular weight is 316 g/mol. The van der Waals surface area contributed by atoms with E-state index in [0.717, 1.165) is 23.6 Å². The van der Waals surface area contributed by atoms with E-state index in [2.05, 4.69) is 17.2 Å². The smallest absolute Gasteiger partial charge is 0.0960 e. The standard InChI is InChI=1S/C19H32N4/c1-4-16(14(2)3)17(20)5-6-18(21)23-13-15-11-19(12-15)7-9-22-10-8-19/h4-6,15,22-23H,2,7-13,20-21H2,1,3H3/b16-4+,17-5-,18-6+. The summed E-state index contributed by atoms with van der Waals surface area (Å²) in [6.07, 6.45) is 11.0. The number of hydrogen-bond donors (Lipinski definition) is 4. The summed E-state index contributed by atoms with van der Waals surface area (Å²) < 4.78 is 0. The number of rotatable bonds is 6. The molecule has 0 radical (unpaired) electrons. The van der Waals surface area contributed by atoms with Crippen LogP contribution in [0.5, 0.6) is 0 Å². The minimum Gasteiger partial charge on any atom is -0.398 e. The van der Waals surface area contributed by atoms with Crippen LogP contribution in [0.2, 0.25) is 0 Å². The van der Waals surface area contributed by atoms with Crippen molar-refractivity contribution >= 4 is 0 Å². The largest absolute Gasteiger partial charge is 0.398 e. The first-order valence-electron chi connectivity index (χ1n) is 8.66. The molecule has 1 aliphatic heterocycles. The highest BCUT2D eigenvalue weighted by atomic mass is 15.0. The van der Waals surface area contributed by atoms with Crippen LogP contribution in [-0.2, 0) is 0 Å². The molecule has 4 nitrogen and oxygen atoms in total. The van der Waals surface area contributed by atoms with Crippen LogP contribution in [0.15, 0.2) is 47.5 Å². The maximum absolute atomic E-state index is 6.06. The van der Waals surface area contributed by atoms with Gasteiger partial charge in [-0.25, -0.2) is 0 Å². The van der Waals surface area contributed by atoms with Crippen LogP contribution >= 0.6 is 0 Å². The van der Waals surface area contributed by atoms with Crippen molar-refractivity contribution in [2.24, 2.45) is 22.8 Å². The zero-order valence-corrected chi connectivity index (χ0v) is 14.6. The molecule has 0 amide bonds. The van der Waals surface area contributed by atoms with Gasteiger partial charge in [0.05, 0.1) is 5.82 Å². The molecule has 2 fully saturated rings. The molecular weight excluding hydrogens is 284 g/mol. The predicted molar refractivity (Wildman–Crippen MR) is 98.4 cm³/mol. The molecule has 0 unspecified atom stereocenters. The molecule has 23 heavy (non-hydrogen) atoms. The SMILES string of the molecule is C=C(C)C(=C\C)/C(N)=C/C=C(\N)NCC1CC2(CCNCC2)C1. The number of piperidine rings is 1. The van der Waals surface area contributed by atoms with Crippen molar-refractivity contribution in [2.75, 3.05) is 19.6 Å². The van der Waals surface area contributed by atoms with Gasteiger partial charge in [0.2, 0.25) is 0 Å². The van der Waals surface area contributed by atoms with Gasteiger partial charge in [-0.2, -0.15) is 0 Å². The van der Waals surface area contributed by atoms with Gasteiger partial charge in [-0.3, -0.25) is 0 Å². The van der Waals surface area contributed by atoms with Crippen molar-refractivity contribution in [1.29, 1.82) is 0 Å². The van der Waals surface area contributed by atoms with Crippen molar-refractivity contribution in [3.63, 3.8) is 0 Å². The molecular formula is C19H32N4. The number of nitrogens with one attached hydrogen (secondary N) is 2. The number of nitrogens with two attached hydrogens (primary N) is 2. The Labute approximate surface area is 140 Å². The van der Waals surface area contributed by atoms with E-state index in [-0.39, 0.29) is 0 Å². The van der Waals surface area contributed by atoms with Gasteiger partial charge in [0.25, 0.3) is 0 Å². The van der Waals surface area contributed by atoms with Gasteiger partial charge in [-0.15, -0.1) is 0 Å². The molecule has 0 aromatic rings. The molecule has 1 saturated carbocycles. The first kappa shape index (κ1) is 17.7. The Morgan fingerprint density at radius 1 is 1.26 bits per heavy atom. The first-order chi connectivity index (χ1) is 11.0. The molecule has 0 aromatic heterocycles. The second-order valence-corrected chi connectivity index (χ2v) is 7.13. The van der Waals surface area contributed by atoms with Gasteiger partial charge in [0, 0.05) is 12.2 Å². The van der Waals surface area contributed by atoms with Crippen molar-refractivity contribution < 1.29 is 0 Å². The maximum Gasteiger partial charge on any atom is 0.0960 e. The van der Waals surface area contributed by atoms with Gasteiger partial charge in [-0.1, -0.05) is 12.7 Å². The third-order valence-electron chi connectivity index (χ3n) is 5.20. The zero-order valence-electron chi connectivity index (χ0n) is 14.6. The highest BCUT2D eigenvalue weighted by Gasteiger charge is 2.43. The van der Waals surface area contributed by atoms with E-state index in [9.17, 15) is 0 Å². The quantitative estimate of drug-likeness (QED) is 0.568. The molecule has 0 bridgehead atoms. The Bertz CT molecular complexity index is 513. The van der Waals surface area contributed by atoms with E-state index in [1.807, 2.05) is 32.1 Å². The lowest BCUT2D eigenvalue weighted by atomic mass is 9.58. The predicted octanol–water partition coefficient (Wildman–Crippen LogP) is 2.52. The van der Waals surface area contributed by atoms with Crippen LogP contribution in [0.25, 0.3) is 0 Å². The molecule has 0 aromatic carbocycles. The summed E-state index contributed by atoms with van der Waals surface area (Å²) in [6, 6.07) is 0. The molecule has 2 rings (SSSR count). The van der Waals surface area contributed by atoms with Crippen LogP contribution < -0.4 is 22.1 Å². The summed E-state index contributed by atoms with van der Waals surface area (Å²) in [5.74, 6) is 1.43. The van der Waals surface area contributed by atoms with Crippen LogP contribution in [-0.4, -0.2) is 19.6 Å². The van der Waals surface area contributed by atoms with Crippen molar-refractivity contribution in [1.82, 2.24) is 10.6 Å². The van der Waals surface area contributed by atoms with E-state index < -0.39 is 0 Å². The Kier molecular flexibility index (Phi) is 5.94. The second-order valence-electron chi connectivity index (χ2n) is 7.13. The molecule has 2 aliphatic rings. The van der Waals surface area contributed by atoms with E-state index in [1.165, 1.54) is 38.8 Å². The molecule has 1 saturated heterocycles. The van der Waals surface area contributed by atoms with Crippen molar-refractivity contribution in [2.45, 2.75) is 39.5 Å². The zero-order chi connectivity index (χ0) is 16.9. The molecule has 6 N–H and O–H groups in total. The Balaban J connectivity index is 1.77. The highest BCUT2D eigenvalue weighted by Crippen LogP contribution is 2.51. The molecule has 1 heterocycles. The summed E-state index contributed by atoms with van der Waals surface area (Å²) in [6.45, 7) is 11.2. The first-order valence-corrected chi connectivity index (χ1v) is 8.66. The summed E-state index contributed by atoms with van der Waals surface area (Å²) in [5, 5.41) is 6.78. The Hall–Kier alpha value is -1.68. The normalized spacial score (nSPS) is 22.8. The van der Waals surface area contributed by atoms with Gasteiger partial charge in [0.1, 0.15) is 0 Å². The summed E-state index contributed by atoms with van der Waals surface area (Å²) >= 11 is 0. The molecule has 1 spiro atoms. The summed E-state index contributed by atoms with van der Waals surface area (Å²) in [7, 11) is 0. The van der Waals surface area contributed by atoms with Crippen LogP contribution in [0.4, 0.5) is 0 Å². The van der Waals surface area contributed by atoms with E-state index >= 15 is 0 Å². The minimum absolute atomic E-state index is 0.628. The minimum atomic E-state index is 0.628. The van der Waals surface area contributed by atoms with Crippen LogP contribution in [0, 0.1) is 11.3 Å². The number of allylic oxidation sites excluding steroid dienone is 4. The Morgan fingerprint density at radius 3 is 2.48 bits per heavy atom. The average Bonchev–Trinajstić information content (AvgIpc) is 2.50. The molecule has 1 aliphatic carbocycles. The fourth-order valence-corrected chi connectivity index (χ4v) is 3.92. The molecule has 0 atom stereocenters. The summed E-state index contributed by atoms with van der Waals surface area (Å²) in [5.41, 5.74) is 15.4. The lowest BCUT2D eigenvalue weighted by Crippen LogP contribution is -2.48. The molecule has 128 valence electrons. The monoisotopic (exact) mass is 316 g/mol. The topological polar surface area (TPSA) is 76.1 Å². The summed E-state index contributed by atoms with van der Waals surface area (Å²) in [4.78, 5) is 0. The fraction of sp³-hybridized carbons (Fsp3) is 0.579. The Morgan fingerprint density at radius 2 is 1.91 bits per heavy atom. The third-order valence-corrected chi connectivity index (χ3v) is 5.20. The van der Waals surface area contributed by atoms with Gasteiger partial charge in [0.15, 0.2) is 0 Å². The lowest BCUT2D eigenvalue weighted by molar-refractivity contribution is 0.0233. The highest BCUT2D eigenvalue weighted by molar-refractivity contribution is 5.43. The van der Waals surface area contributed by atoms with Gasteiger partial charge < -0.3 is 22.1 Å². The number of hydrogen-bond acceptors (Lipinski definition) is 4. The maximum atomic E-state index is 6.06. The molecule has 4 heteroatoms. The lowest BCUT2D eigenvalue weighted by Gasteiger charge is -2.50. The van der Waals surface area contributed by atoms with Crippen molar-refractivity contribution in [3.05, 3.63) is 47.5 Å². The van der Waals surface area contributed by atoms with E-state index in [4.69, 9.17) is 11.5 Å². The second kappa shape index (κ2) is 7.73. The van der Waals surface area contributed by atoms with Crippen molar-refractivity contribution in [3.8, 4) is 0 Å². The van der Waals surface area contributed by atoms with E-state index in [0.29, 0.717) is 16.9 Å². The fourth-order valence-electron chi connectivity index (χ4n) is 3.92. The van der Waals surface area contributed by atoms with Crippen LogP contribution in [0.3, 0.4) is 0 Å². The van der Waals surface area contributed by atoms with Gasteiger partial charge in [-0.05, 0) is 87.3 Å². The van der Waals surface area contributed by atoms with E-state index in [1.54, 1.807) is 0 Å². The van der Waals surface area contributed by atoms with Gasteiger partial charge >= 0.3 is 0 Å².